The molecule has 9 heteroatoms. The van der Waals surface area contributed by atoms with Gasteiger partial charge in [-0.3, -0.25) is 4.99 Å². The molecule has 0 aromatic heterocycles. The lowest BCUT2D eigenvalue weighted by atomic mass is 10.3. The highest BCUT2D eigenvalue weighted by atomic mass is 35.5. The summed E-state index contributed by atoms with van der Waals surface area (Å²) in [5, 5.41) is 3.92. The largest absolute Gasteiger partial charge is 0.492 e. The zero-order chi connectivity index (χ0) is 19.6. The molecule has 26 heavy (non-hydrogen) atoms. The molecule has 1 aromatic rings. The molecular formula is C17H29ClN4O3S. The summed E-state index contributed by atoms with van der Waals surface area (Å²) in [6.45, 7) is 4.62. The van der Waals surface area contributed by atoms with Crippen molar-refractivity contribution in [1.82, 2.24) is 14.5 Å². The van der Waals surface area contributed by atoms with Crippen molar-refractivity contribution in [3.63, 3.8) is 0 Å². The summed E-state index contributed by atoms with van der Waals surface area (Å²) in [6.07, 6.45) is 1.94. The normalized spacial score (nSPS) is 12.3. The number of hydrogen-bond acceptors (Lipinski definition) is 4. The van der Waals surface area contributed by atoms with E-state index in [-0.39, 0.29) is 0 Å². The Morgan fingerprint density at radius 2 is 1.92 bits per heavy atom. The third kappa shape index (κ3) is 8.25. The highest BCUT2D eigenvalue weighted by Crippen LogP contribution is 2.15. The van der Waals surface area contributed by atoms with Gasteiger partial charge in [0.2, 0.25) is 10.0 Å². The summed E-state index contributed by atoms with van der Waals surface area (Å²) >= 11 is 5.85. The number of ether oxygens (including phenoxy) is 1. The van der Waals surface area contributed by atoms with Crippen molar-refractivity contribution in [1.29, 1.82) is 0 Å². The first-order valence-corrected chi connectivity index (χ1v) is 10.8. The van der Waals surface area contributed by atoms with Crippen LogP contribution in [-0.2, 0) is 10.0 Å². The molecular weight excluding hydrogens is 376 g/mol. The highest BCUT2D eigenvalue weighted by Gasteiger charge is 2.13. The van der Waals surface area contributed by atoms with Crippen LogP contribution in [0.4, 0.5) is 0 Å². The Labute approximate surface area is 162 Å². The van der Waals surface area contributed by atoms with Gasteiger partial charge in [0, 0.05) is 38.8 Å². The molecule has 0 unspecified atom stereocenters. The van der Waals surface area contributed by atoms with E-state index in [9.17, 15) is 8.42 Å². The highest BCUT2D eigenvalue weighted by molar-refractivity contribution is 7.88. The van der Waals surface area contributed by atoms with Crippen molar-refractivity contribution < 1.29 is 13.2 Å². The molecule has 7 nitrogen and oxygen atoms in total. The smallest absolute Gasteiger partial charge is 0.211 e. The van der Waals surface area contributed by atoms with Crippen LogP contribution in [0, 0.1) is 0 Å². The zero-order valence-electron chi connectivity index (χ0n) is 15.9. The van der Waals surface area contributed by atoms with E-state index in [1.54, 1.807) is 19.2 Å². The van der Waals surface area contributed by atoms with Crippen molar-refractivity contribution >= 4 is 27.6 Å². The predicted molar refractivity (Wildman–Crippen MR) is 108 cm³/mol. The quantitative estimate of drug-likeness (QED) is 0.366. The Bertz CT molecular complexity index is 665. The van der Waals surface area contributed by atoms with Gasteiger partial charge in [-0.25, -0.2) is 12.7 Å². The van der Waals surface area contributed by atoms with Crippen molar-refractivity contribution in [2.45, 2.75) is 13.3 Å². The van der Waals surface area contributed by atoms with Crippen LogP contribution in [0.25, 0.3) is 0 Å². The van der Waals surface area contributed by atoms with Crippen LogP contribution in [0.2, 0.25) is 5.02 Å². The van der Waals surface area contributed by atoms with Gasteiger partial charge in [0.05, 0.1) is 12.8 Å². The summed E-state index contributed by atoms with van der Waals surface area (Å²) < 4.78 is 30.3. The second-order valence-corrected chi connectivity index (χ2v) is 8.23. The second kappa shape index (κ2) is 11.3. The molecule has 1 aromatic carbocycles. The molecule has 1 rings (SSSR count). The van der Waals surface area contributed by atoms with Gasteiger partial charge >= 0.3 is 0 Å². The topological polar surface area (TPSA) is 74.2 Å². The molecule has 0 amide bonds. The van der Waals surface area contributed by atoms with E-state index in [0.29, 0.717) is 44.2 Å². The fourth-order valence-corrected chi connectivity index (χ4v) is 3.39. The first kappa shape index (κ1) is 22.5. The molecule has 0 atom stereocenters. The number of hydrogen-bond donors (Lipinski definition) is 1. The van der Waals surface area contributed by atoms with E-state index < -0.39 is 10.0 Å². The minimum absolute atomic E-state index is 0.482. The monoisotopic (exact) mass is 404 g/mol. The van der Waals surface area contributed by atoms with Gasteiger partial charge in [0.1, 0.15) is 12.4 Å². The summed E-state index contributed by atoms with van der Waals surface area (Å²) in [5.41, 5.74) is 0. The Morgan fingerprint density at radius 1 is 1.27 bits per heavy atom. The second-order valence-electron chi connectivity index (χ2n) is 5.81. The lowest BCUT2D eigenvalue weighted by Crippen LogP contribution is -2.42. The molecule has 0 spiro atoms. The molecule has 0 aliphatic heterocycles. The van der Waals surface area contributed by atoms with Gasteiger partial charge in [0.25, 0.3) is 0 Å². The molecule has 0 heterocycles. The van der Waals surface area contributed by atoms with Crippen molar-refractivity contribution in [3.05, 3.63) is 29.3 Å². The van der Waals surface area contributed by atoms with Crippen LogP contribution < -0.4 is 10.1 Å². The molecule has 0 fully saturated rings. The Morgan fingerprint density at radius 3 is 2.46 bits per heavy atom. The van der Waals surface area contributed by atoms with Crippen LogP contribution in [0.3, 0.4) is 0 Å². The molecule has 0 aliphatic rings. The van der Waals surface area contributed by atoms with E-state index in [2.05, 4.69) is 10.3 Å². The van der Waals surface area contributed by atoms with Crippen molar-refractivity contribution in [3.8, 4) is 5.75 Å². The van der Waals surface area contributed by atoms with Crippen LogP contribution in [0.5, 0.6) is 5.75 Å². The standard InChI is InChI=1S/C17H29ClN4O3S/c1-5-22(26(4,23)24)12-6-11-20-17(19-2)21(3)13-14-25-16-9-7-15(18)8-10-16/h7-10H,5-6,11-14H2,1-4H3,(H,19,20). The van der Waals surface area contributed by atoms with Crippen LogP contribution >= 0.6 is 11.6 Å². The third-order valence-electron chi connectivity index (χ3n) is 3.77. The van der Waals surface area contributed by atoms with Gasteiger partial charge in [-0.1, -0.05) is 18.5 Å². The van der Waals surface area contributed by atoms with Gasteiger partial charge in [0.15, 0.2) is 5.96 Å². The molecule has 0 saturated heterocycles. The maximum atomic E-state index is 11.6. The number of aliphatic imine (C=N–C) groups is 1. The molecule has 0 saturated carbocycles. The number of nitrogens with one attached hydrogen (secondary N) is 1. The molecule has 148 valence electrons. The molecule has 0 radical (unpaired) electrons. The van der Waals surface area contributed by atoms with E-state index in [1.807, 2.05) is 31.0 Å². The molecule has 0 aliphatic carbocycles. The number of likely N-dealkylation sites (N-methyl/N-ethyl adjacent to an activating group) is 1. The number of guanidine groups is 1. The van der Waals surface area contributed by atoms with E-state index >= 15 is 0 Å². The Kier molecular flexibility index (Phi) is 9.75. The minimum atomic E-state index is -3.14. The predicted octanol–water partition coefficient (Wildman–Crippen LogP) is 1.90. The first-order chi connectivity index (χ1) is 12.3. The van der Waals surface area contributed by atoms with Crippen LogP contribution in [-0.4, -0.2) is 76.7 Å². The fourth-order valence-electron chi connectivity index (χ4n) is 2.34. The third-order valence-corrected chi connectivity index (χ3v) is 5.40. The number of sulfonamides is 1. The van der Waals surface area contributed by atoms with E-state index in [0.717, 1.165) is 11.7 Å². The van der Waals surface area contributed by atoms with Gasteiger partial charge in [-0.05, 0) is 30.7 Å². The number of benzene rings is 1. The van der Waals surface area contributed by atoms with Gasteiger partial charge in [-0.2, -0.15) is 0 Å². The summed E-state index contributed by atoms with van der Waals surface area (Å²) in [6, 6.07) is 7.24. The minimum Gasteiger partial charge on any atom is -0.492 e. The van der Waals surface area contributed by atoms with Gasteiger partial charge in [-0.15, -0.1) is 0 Å². The van der Waals surface area contributed by atoms with E-state index in [4.69, 9.17) is 16.3 Å². The average molecular weight is 405 g/mol. The van der Waals surface area contributed by atoms with Crippen LogP contribution in [0.1, 0.15) is 13.3 Å². The lowest BCUT2D eigenvalue weighted by molar-refractivity contribution is 0.281. The van der Waals surface area contributed by atoms with Crippen molar-refractivity contribution in [2.24, 2.45) is 4.99 Å². The first-order valence-electron chi connectivity index (χ1n) is 8.53. The lowest BCUT2D eigenvalue weighted by Gasteiger charge is -2.23. The molecule has 0 bridgehead atoms. The summed E-state index contributed by atoms with van der Waals surface area (Å²) in [7, 11) is 0.503. The van der Waals surface area contributed by atoms with Crippen molar-refractivity contribution in [2.75, 3.05) is 53.1 Å². The molecule has 1 N–H and O–H groups in total. The summed E-state index contributed by atoms with van der Waals surface area (Å²) in [5.74, 6) is 1.51. The maximum absolute atomic E-state index is 11.6. The van der Waals surface area contributed by atoms with E-state index in [1.165, 1.54) is 10.6 Å². The average Bonchev–Trinajstić information content (AvgIpc) is 2.58. The van der Waals surface area contributed by atoms with Gasteiger partial charge < -0.3 is 15.0 Å². The summed E-state index contributed by atoms with van der Waals surface area (Å²) in [4.78, 5) is 6.20. The Balaban J connectivity index is 2.32. The van der Waals surface area contributed by atoms with Crippen LogP contribution in [0.15, 0.2) is 29.3 Å². The zero-order valence-corrected chi connectivity index (χ0v) is 17.5. The fraction of sp³-hybridized carbons (Fsp3) is 0.588. The maximum Gasteiger partial charge on any atom is 0.211 e. The number of rotatable bonds is 10. The Hall–Kier alpha value is -1.51. The number of nitrogens with zero attached hydrogens (tertiary/aromatic N) is 3. The SMILES string of the molecule is CCN(CCCNC(=NC)N(C)CCOc1ccc(Cl)cc1)S(C)(=O)=O. The number of halogens is 1.